The normalized spacial score (nSPS) is 13.9. The van der Waals surface area contributed by atoms with Gasteiger partial charge in [-0.25, -0.2) is 4.79 Å². The summed E-state index contributed by atoms with van der Waals surface area (Å²) in [5, 5.41) is 3.45. The van der Waals surface area contributed by atoms with Gasteiger partial charge in [-0.15, -0.1) is 0 Å². The number of halogens is 1. The van der Waals surface area contributed by atoms with Crippen molar-refractivity contribution < 1.29 is 14.3 Å². The summed E-state index contributed by atoms with van der Waals surface area (Å²) in [5.41, 5.74) is 2.10. The van der Waals surface area contributed by atoms with Crippen molar-refractivity contribution >= 4 is 29.2 Å². The lowest BCUT2D eigenvalue weighted by Gasteiger charge is -2.27. The highest BCUT2D eigenvalue weighted by Gasteiger charge is 2.18. The van der Waals surface area contributed by atoms with Crippen LogP contribution < -0.4 is 5.32 Å². The highest BCUT2D eigenvalue weighted by atomic mass is 35.5. The Balaban J connectivity index is 1.58. The zero-order chi connectivity index (χ0) is 19.2. The van der Waals surface area contributed by atoms with Crippen molar-refractivity contribution in [2.45, 2.75) is 6.54 Å². The van der Waals surface area contributed by atoms with Crippen LogP contribution in [-0.4, -0.2) is 55.1 Å². The lowest BCUT2D eigenvalue weighted by atomic mass is 10.1. The standard InChI is InChI=1S/C20H22ClN3O3/c1-23(14-16-4-2-3-5-18(16)21)20(26)22-17-8-6-15(7-9-17)19(25)24-10-12-27-13-11-24/h2-9H,10-14H2,1H3,(H,22,26). The fourth-order valence-electron chi connectivity index (χ4n) is 2.82. The van der Waals surface area contributed by atoms with Gasteiger partial charge in [-0.1, -0.05) is 29.8 Å². The number of hydrogen-bond donors (Lipinski definition) is 1. The highest BCUT2D eigenvalue weighted by Crippen LogP contribution is 2.17. The first-order valence-electron chi connectivity index (χ1n) is 8.77. The molecule has 0 unspecified atom stereocenters. The molecular weight excluding hydrogens is 366 g/mol. The van der Waals surface area contributed by atoms with Crippen LogP contribution in [0.2, 0.25) is 5.02 Å². The number of nitrogens with one attached hydrogen (secondary N) is 1. The summed E-state index contributed by atoms with van der Waals surface area (Å²) in [4.78, 5) is 28.1. The maximum atomic E-state index is 12.4. The summed E-state index contributed by atoms with van der Waals surface area (Å²) in [5.74, 6) is -0.0213. The summed E-state index contributed by atoms with van der Waals surface area (Å²) in [6.45, 7) is 2.74. The van der Waals surface area contributed by atoms with Gasteiger partial charge in [0.05, 0.1) is 13.2 Å². The summed E-state index contributed by atoms with van der Waals surface area (Å²) < 4.78 is 5.27. The predicted octanol–water partition coefficient (Wildman–Crippen LogP) is 3.48. The van der Waals surface area contributed by atoms with Crippen molar-refractivity contribution in [1.29, 1.82) is 0 Å². The van der Waals surface area contributed by atoms with E-state index < -0.39 is 0 Å². The Morgan fingerprint density at radius 3 is 2.44 bits per heavy atom. The van der Waals surface area contributed by atoms with Crippen LogP contribution in [0.25, 0.3) is 0 Å². The number of benzene rings is 2. The van der Waals surface area contributed by atoms with Crippen LogP contribution in [0.5, 0.6) is 0 Å². The average molecular weight is 388 g/mol. The molecule has 6 nitrogen and oxygen atoms in total. The molecule has 3 amide bonds. The Labute approximate surface area is 163 Å². The van der Waals surface area contributed by atoms with E-state index in [2.05, 4.69) is 5.32 Å². The third-order valence-corrected chi connectivity index (χ3v) is 4.76. The van der Waals surface area contributed by atoms with Gasteiger partial charge >= 0.3 is 6.03 Å². The van der Waals surface area contributed by atoms with Crippen molar-refractivity contribution in [2.75, 3.05) is 38.7 Å². The number of anilines is 1. The quantitative estimate of drug-likeness (QED) is 0.873. The van der Waals surface area contributed by atoms with Gasteiger partial charge in [-0.05, 0) is 35.9 Å². The molecule has 1 aliphatic heterocycles. The van der Waals surface area contributed by atoms with Gasteiger partial charge in [0.1, 0.15) is 0 Å². The molecule has 2 aromatic rings. The van der Waals surface area contributed by atoms with E-state index in [4.69, 9.17) is 16.3 Å². The fraction of sp³-hybridized carbons (Fsp3) is 0.300. The topological polar surface area (TPSA) is 61.9 Å². The van der Waals surface area contributed by atoms with E-state index in [-0.39, 0.29) is 11.9 Å². The zero-order valence-corrected chi connectivity index (χ0v) is 15.9. The fourth-order valence-corrected chi connectivity index (χ4v) is 3.01. The van der Waals surface area contributed by atoms with Gasteiger partial charge in [-0.3, -0.25) is 4.79 Å². The van der Waals surface area contributed by atoms with Crippen LogP contribution in [0.3, 0.4) is 0 Å². The minimum atomic E-state index is -0.248. The number of ether oxygens (including phenoxy) is 1. The monoisotopic (exact) mass is 387 g/mol. The van der Waals surface area contributed by atoms with Crippen LogP contribution in [0.4, 0.5) is 10.5 Å². The van der Waals surface area contributed by atoms with Crippen molar-refractivity contribution in [1.82, 2.24) is 9.80 Å². The summed E-state index contributed by atoms with van der Waals surface area (Å²) in [6, 6.07) is 14.1. The number of carbonyl (C=O) groups excluding carboxylic acids is 2. The van der Waals surface area contributed by atoms with Crippen LogP contribution in [0, 0.1) is 0 Å². The number of carbonyl (C=O) groups is 2. The first-order valence-corrected chi connectivity index (χ1v) is 9.15. The SMILES string of the molecule is CN(Cc1ccccc1Cl)C(=O)Nc1ccc(C(=O)N2CCOCC2)cc1. The van der Waals surface area contributed by atoms with Crippen LogP contribution in [-0.2, 0) is 11.3 Å². The van der Waals surface area contributed by atoms with Crippen molar-refractivity contribution in [3.63, 3.8) is 0 Å². The Kier molecular flexibility index (Phi) is 6.32. The average Bonchev–Trinajstić information content (AvgIpc) is 2.70. The molecule has 0 aromatic heterocycles. The third kappa shape index (κ3) is 4.99. The van der Waals surface area contributed by atoms with E-state index >= 15 is 0 Å². The Morgan fingerprint density at radius 2 is 1.78 bits per heavy atom. The first kappa shape index (κ1) is 19.2. The van der Waals surface area contributed by atoms with Gasteiger partial charge in [0.25, 0.3) is 5.91 Å². The van der Waals surface area contributed by atoms with E-state index in [0.717, 1.165) is 5.56 Å². The van der Waals surface area contributed by atoms with Gasteiger partial charge < -0.3 is 19.9 Å². The molecule has 142 valence electrons. The number of urea groups is 1. The summed E-state index contributed by atoms with van der Waals surface area (Å²) in [7, 11) is 1.70. The molecule has 0 atom stereocenters. The highest BCUT2D eigenvalue weighted by molar-refractivity contribution is 6.31. The van der Waals surface area contributed by atoms with Crippen LogP contribution in [0.15, 0.2) is 48.5 Å². The van der Waals surface area contributed by atoms with E-state index in [9.17, 15) is 9.59 Å². The number of hydrogen-bond acceptors (Lipinski definition) is 3. The molecule has 1 heterocycles. The number of morpholine rings is 1. The molecule has 1 aliphatic rings. The van der Waals surface area contributed by atoms with Gasteiger partial charge in [0.15, 0.2) is 0 Å². The molecule has 27 heavy (non-hydrogen) atoms. The third-order valence-electron chi connectivity index (χ3n) is 4.39. The second-order valence-corrected chi connectivity index (χ2v) is 6.77. The van der Waals surface area contributed by atoms with E-state index in [1.165, 1.54) is 0 Å². The molecule has 1 saturated heterocycles. The molecule has 1 fully saturated rings. The Morgan fingerprint density at radius 1 is 1.11 bits per heavy atom. The molecule has 1 N–H and O–H groups in total. The molecule has 0 bridgehead atoms. The molecule has 7 heteroatoms. The van der Waals surface area contributed by atoms with Crippen molar-refractivity contribution in [3.8, 4) is 0 Å². The largest absolute Gasteiger partial charge is 0.378 e. The second kappa shape index (κ2) is 8.88. The Hall–Kier alpha value is -2.57. The lowest BCUT2D eigenvalue weighted by molar-refractivity contribution is 0.0303. The number of rotatable bonds is 4. The summed E-state index contributed by atoms with van der Waals surface area (Å²) in [6.07, 6.45) is 0. The lowest BCUT2D eigenvalue weighted by Crippen LogP contribution is -2.40. The number of amides is 3. The van der Waals surface area contributed by atoms with Gasteiger partial charge in [0.2, 0.25) is 0 Å². The number of nitrogens with zero attached hydrogens (tertiary/aromatic N) is 2. The molecule has 0 aliphatic carbocycles. The zero-order valence-electron chi connectivity index (χ0n) is 15.2. The molecule has 3 rings (SSSR count). The summed E-state index contributed by atoms with van der Waals surface area (Å²) >= 11 is 6.14. The van der Waals surface area contributed by atoms with Gasteiger partial charge in [-0.2, -0.15) is 0 Å². The van der Waals surface area contributed by atoms with Crippen molar-refractivity contribution in [2.24, 2.45) is 0 Å². The minimum absolute atomic E-state index is 0.0213. The van der Waals surface area contributed by atoms with E-state index in [1.807, 2.05) is 18.2 Å². The maximum absolute atomic E-state index is 12.4. The smallest absolute Gasteiger partial charge is 0.321 e. The van der Waals surface area contributed by atoms with Crippen LogP contribution >= 0.6 is 11.6 Å². The second-order valence-electron chi connectivity index (χ2n) is 6.36. The maximum Gasteiger partial charge on any atom is 0.321 e. The molecule has 0 saturated carbocycles. The van der Waals surface area contributed by atoms with E-state index in [1.54, 1.807) is 47.2 Å². The molecule has 0 spiro atoms. The predicted molar refractivity (Wildman–Crippen MR) is 105 cm³/mol. The van der Waals surface area contributed by atoms with E-state index in [0.29, 0.717) is 49.1 Å². The molecule has 0 radical (unpaired) electrons. The minimum Gasteiger partial charge on any atom is -0.378 e. The molecular formula is C20H22ClN3O3. The molecule has 2 aromatic carbocycles. The van der Waals surface area contributed by atoms with Crippen LogP contribution in [0.1, 0.15) is 15.9 Å². The van der Waals surface area contributed by atoms with Crippen molar-refractivity contribution in [3.05, 3.63) is 64.7 Å². The Bertz CT molecular complexity index is 804. The first-order chi connectivity index (χ1) is 13.0. The van der Waals surface area contributed by atoms with Gasteiger partial charge in [0, 0.05) is 43.0 Å².